The number of ether oxygens (including phenoxy) is 2. The minimum Gasteiger partial charge on any atom is -0.497 e. The number of aliphatic carboxylic acids is 1. The number of hydrogen-bond donors (Lipinski definition) is 2. The fraction of sp³-hybridized carbons (Fsp3) is 0.300. The van der Waals surface area contributed by atoms with Crippen LogP contribution in [0.2, 0.25) is 0 Å². The number of methoxy groups -OCH3 is 2. The third-order valence-corrected chi connectivity index (χ3v) is 6.68. The van der Waals surface area contributed by atoms with Crippen molar-refractivity contribution in [2.24, 2.45) is 0 Å². The summed E-state index contributed by atoms with van der Waals surface area (Å²) in [5, 5.41) is 8.99. The van der Waals surface area contributed by atoms with Crippen LogP contribution in [0.25, 0.3) is 0 Å². The Balaban J connectivity index is 2.81. The van der Waals surface area contributed by atoms with Gasteiger partial charge in [0.1, 0.15) is 5.75 Å². The van der Waals surface area contributed by atoms with Crippen LogP contribution < -0.4 is 10.5 Å². The van der Waals surface area contributed by atoms with E-state index in [1.54, 1.807) is 0 Å². The normalized spacial score (nSPS) is 11.2. The third kappa shape index (κ3) is 4.19. The zero-order chi connectivity index (χ0) is 21.9. The average Bonchev–Trinajstić information content (AvgIpc) is 2.69. The molecule has 9 heteroatoms. The second kappa shape index (κ2) is 8.52. The van der Waals surface area contributed by atoms with Gasteiger partial charge in [-0.25, -0.2) is 13.2 Å². The Hall–Kier alpha value is -3.07. The molecule has 0 aliphatic carbocycles. The van der Waals surface area contributed by atoms with Crippen LogP contribution in [0.1, 0.15) is 33.5 Å². The number of carboxylic acid groups (broad SMARTS) is 1. The molecule has 0 saturated carbocycles. The molecule has 2 aromatic rings. The monoisotopic (exact) mass is 421 g/mol. The number of anilines is 1. The molecule has 3 N–H and O–H groups in total. The van der Waals surface area contributed by atoms with Crippen molar-refractivity contribution in [2.75, 3.05) is 20.0 Å². The van der Waals surface area contributed by atoms with E-state index in [0.717, 1.165) is 7.11 Å². The number of carbonyl (C=O) groups is 2. The van der Waals surface area contributed by atoms with Crippen LogP contribution in [-0.4, -0.2) is 39.7 Å². The van der Waals surface area contributed by atoms with Crippen molar-refractivity contribution >= 4 is 27.5 Å². The van der Waals surface area contributed by atoms with E-state index in [4.69, 9.17) is 20.3 Å². The lowest BCUT2D eigenvalue weighted by Crippen LogP contribution is -2.18. The van der Waals surface area contributed by atoms with Crippen LogP contribution in [0.4, 0.5) is 5.69 Å². The molecule has 29 heavy (non-hydrogen) atoms. The van der Waals surface area contributed by atoms with Gasteiger partial charge in [0.05, 0.1) is 29.6 Å². The van der Waals surface area contributed by atoms with Crippen LogP contribution in [0.5, 0.6) is 5.75 Å². The lowest BCUT2D eigenvalue weighted by atomic mass is 9.93. The molecule has 0 atom stereocenters. The number of nitrogen functional groups attached to an aromatic ring is 1. The van der Waals surface area contributed by atoms with E-state index in [0.29, 0.717) is 11.3 Å². The van der Waals surface area contributed by atoms with E-state index < -0.39 is 21.8 Å². The second-order valence-corrected chi connectivity index (χ2v) is 8.30. The highest BCUT2D eigenvalue weighted by molar-refractivity contribution is 7.91. The van der Waals surface area contributed by atoms with E-state index in [2.05, 4.69) is 0 Å². The Labute approximate surface area is 169 Å². The van der Waals surface area contributed by atoms with Crippen LogP contribution in [0.15, 0.2) is 34.1 Å². The van der Waals surface area contributed by atoms with Crippen molar-refractivity contribution in [1.82, 2.24) is 0 Å². The summed E-state index contributed by atoms with van der Waals surface area (Å²) in [5.41, 5.74) is 7.05. The van der Waals surface area contributed by atoms with Gasteiger partial charge < -0.3 is 20.3 Å². The van der Waals surface area contributed by atoms with Crippen molar-refractivity contribution < 1.29 is 32.6 Å². The van der Waals surface area contributed by atoms with Gasteiger partial charge in [0, 0.05) is 12.1 Å². The number of benzene rings is 2. The Morgan fingerprint density at radius 2 is 1.66 bits per heavy atom. The standard InChI is InChI=1S/C20H23NO7S/c1-11-15(9-10-16(22)23)18(21)12(2)19(17(11)20(24)28-4)29(25,26)14-7-5-13(27-3)6-8-14/h5-8H,9-10,21H2,1-4H3,(H,22,23). The highest BCUT2D eigenvalue weighted by Gasteiger charge is 2.32. The molecule has 0 saturated heterocycles. The van der Waals surface area contributed by atoms with Gasteiger partial charge in [-0.15, -0.1) is 0 Å². The smallest absolute Gasteiger partial charge is 0.339 e. The summed E-state index contributed by atoms with van der Waals surface area (Å²) < 4.78 is 36.6. The summed E-state index contributed by atoms with van der Waals surface area (Å²) in [6.45, 7) is 3.02. The predicted molar refractivity (Wildman–Crippen MR) is 106 cm³/mol. The second-order valence-electron chi connectivity index (χ2n) is 6.41. The lowest BCUT2D eigenvalue weighted by molar-refractivity contribution is -0.136. The lowest BCUT2D eigenvalue weighted by Gasteiger charge is -2.20. The molecule has 0 unspecified atom stereocenters. The molecule has 2 aromatic carbocycles. The fourth-order valence-electron chi connectivity index (χ4n) is 3.17. The van der Waals surface area contributed by atoms with Crippen LogP contribution in [0.3, 0.4) is 0 Å². The summed E-state index contributed by atoms with van der Waals surface area (Å²) in [7, 11) is -1.52. The molecule has 156 valence electrons. The first-order chi connectivity index (χ1) is 13.6. The SMILES string of the molecule is COC(=O)c1c(C)c(CCC(=O)O)c(N)c(C)c1S(=O)(=O)c1ccc(OC)cc1. The van der Waals surface area contributed by atoms with Crippen molar-refractivity contribution in [3.8, 4) is 5.75 Å². The highest BCUT2D eigenvalue weighted by atomic mass is 32.2. The summed E-state index contributed by atoms with van der Waals surface area (Å²) in [6, 6.07) is 5.74. The van der Waals surface area contributed by atoms with Gasteiger partial charge in [0.25, 0.3) is 0 Å². The number of rotatable bonds is 7. The van der Waals surface area contributed by atoms with Gasteiger partial charge in [-0.1, -0.05) is 0 Å². The largest absolute Gasteiger partial charge is 0.497 e. The highest BCUT2D eigenvalue weighted by Crippen LogP contribution is 2.37. The first kappa shape index (κ1) is 22.2. The number of carbonyl (C=O) groups excluding carboxylic acids is 1. The van der Waals surface area contributed by atoms with Crippen LogP contribution in [-0.2, 0) is 25.8 Å². The Bertz CT molecular complexity index is 1060. The van der Waals surface area contributed by atoms with Gasteiger partial charge >= 0.3 is 11.9 Å². The fourth-order valence-corrected chi connectivity index (χ4v) is 4.92. The molecule has 0 bridgehead atoms. The molecule has 0 heterocycles. The van der Waals surface area contributed by atoms with Gasteiger partial charge in [-0.2, -0.15) is 0 Å². The van der Waals surface area contributed by atoms with E-state index in [1.165, 1.54) is 45.2 Å². The average molecular weight is 421 g/mol. The first-order valence-corrected chi connectivity index (χ1v) is 10.1. The molecular weight excluding hydrogens is 398 g/mol. The summed E-state index contributed by atoms with van der Waals surface area (Å²) in [4.78, 5) is 23.2. The number of carboxylic acids is 1. The number of nitrogens with two attached hydrogens (primary N) is 1. The predicted octanol–water partition coefficient (Wildman–Crippen LogP) is 2.53. The molecule has 0 aromatic heterocycles. The van der Waals surface area contributed by atoms with E-state index in [1.807, 2.05) is 0 Å². The van der Waals surface area contributed by atoms with Crippen molar-refractivity contribution in [3.63, 3.8) is 0 Å². The van der Waals surface area contributed by atoms with Gasteiger partial charge in [0.2, 0.25) is 9.84 Å². The summed E-state index contributed by atoms with van der Waals surface area (Å²) in [6.07, 6.45) is -0.156. The zero-order valence-electron chi connectivity index (χ0n) is 16.6. The molecule has 0 aliphatic heterocycles. The van der Waals surface area contributed by atoms with E-state index in [9.17, 15) is 18.0 Å². The maximum absolute atomic E-state index is 13.4. The molecule has 0 aliphatic rings. The Kier molecular flexibility index (Phi) is 6.53. The summed E-state index contributed by atoms with van der Waals surface area (Å²) >= 11 is 0. The summed E-state index contributed by atoms with van der Waals surface area (Å²) in [5.74, 6) is -1.39. The maximum atomic E-state index is 13.4. The van der Waals surface area contributed by atoms with Gasteiger partial charge in [-0.3, -0.25) is 4.79 Å². The van der Waals surface area contributed by atoms with E-state index in [-0.39, 0.29) is 45.0 Å². The first-order valence-electron chi connectivity index (χ1n) is 8.67. The van der Waals surface area contributed by atoms with Gasteiger partial charge in [-0.05, 0) is 61.2 Å². The Morgan fingerprint density at radius 3 is 2.14 bits per heavy atom. The topological polar surface area (TPSA) is 133 Å². The molecule has 2 rings (SSSR count). The number of esters is 1. The minimum atomic E-state index is -4.13. The van der Waals surface area contributed by atoms with Gasteiger partial charge in [0.15, 0.2) is 0 Å². The number of sulfone groups is 1. The number of hydrogen-bond acceptors (Lipinski definition) is 7. The molecular formula is C20H23NO7S. The van der Waals surface area contributed by atoms with E-state index >= 15 is 0 Å². The van der Waals surface area contributed by atoms with Crippen LogP contribution >= 0.6 is 0 Å². The van der Waals surface area contributed by atoms with Crippen molar-refractivity contribution in [1.29, 1.82) is 0 Å². The molecule has 0 amide bonds. The van der Waals surface area contributed by atoms with Crippen LogP contribution in [0, 0.1) is 13.8 Å². The molecule has 0 fully saturated rings. The Morgan fingerprint density at radius 1 is 1.07 bits per heavy atom. The van der Waals surface area contributed by atoms with Crippen molar-refractivity contribution in [3.05, 3.63) is 46.5 Å². The third-order valence-electron chi connectivity index (χ3n) is 4.74. The minimum absolute atomic E-state index is 0.0383. The molecule has 0 spiro atoms. The molecule has 8 nitrogen and oxygen atoms in total. The maximum Gasteiger partial charge on any atom is 0.339 e. The zero-order valence-corrected chi connectivity index (χ0v) is 17.4. The molecule has 0 radical (unpaired) electrons. The quantitative estimate of drug-likeness (QED) is 0.515. The van der Waals surface area contributed by atoms with Crippen molar-refractivity contribution in [2.45, 2.75) is 36.5 Å².